The van der Waals surface area contributed by atoms with Crippen LogP contribution >= 0.6 is 45.2 Å². The Morgan fingerprint density at radius 1 is 0.923 bits per heavy atom. The molecule has 0 amide bonds. The Morgan fingerprint density at radius 2 is 1.38 bits per heavy atom. The molecule has 0 heterocycles. The summed E-state index contributed by atoms with van der Waals surface area (Å²) in [6.45, 7) is 0. The van der Waals surface area contributed by atoms with Crippen molar-refractivity contribution in [3.63, 3.8) is 0 Å². The molecule has 0 aliphatic carbocycles. The molecule has 5 heteroatoms. The van der Waals surface area contributed by atoms with Crippen LogP contribution in [0.2, 0.25) is 0 Å². The summed E-state index contributed by atoms with van der Waals surface area (Å²) >= 11 is 1.93. The van der Waals surface area contributed by atoms with E-state index in [1.54, 1.807) is 6.07 Å². The highest BCUT2D eigenvalue weighted by Crippen LogP contribution is 2.50. The molecular formula is C8H5F3I2. The molecule has 1 atom stereocenters. The monoisotopic (exact) mass is 412 g/mol. The Labute approximate surface area is 101 Å². The lowest BCUT2D eigenvalue weighted by atomic mass is 10.1. The van der Waals surface area contributed by atoms with Gasteiger partial charge in [-0.3, -0.25) is 0 Å². The molecule has 0 fully saturated rings. The Morgan fingerprint density at radius 3 is 1.77 bits per heavy atom. The lowest BCUT2D eigenvalue weighted by molar-refractivity contribution is 0.0194. The first-order valence-electron chi connectivity index (χ1n) is 3.36. The molecule has 1 aromatic carbocycles. The van der Waals surface area contributed by atoms with Gasteiger partial charge in [-0.2, -0.15) is 8.78 Å². The molecule has 0 aromatic heterocycles. The smallest absolute Gasteiger partial charge is 0.219 e. The lowest BCUT2D eigenvalue weighted by Crippen LogP contribution is -2.29. The van der Waals surface area contributed by atoms with Gasteiger partial charge in [0.15, 0.2) is 0 Å². The first-order chi connectivity index (χ1) is 5.86. The van der Waals surface area contributed by atoms with Crippen molar-refractivity contribution in [1.29, 1.82) is 0 Å². The molecule has 1 aromatic rings. The van der Waals surface area contributed by atoms with Gasteiger partial charge >= 0.3 is 3.93 Å². The lowest BCUT2D eigenvalue weighted by Gasteiger charge is -2.23. The van der Waals surface area contributed by atoms with Gasteiger partial charge in [-0.15, -0.1) is 0 Å². The molecule has 0 nitrogen and oxygen atoms in total. The van der Waals surface area contributed by atoms with Crippen molar-refractivity contribution in [3.8, 4) is 0 Å². The van der Waals surface area contributed by atoms with Crippen LogP contribution < -0.4 is 0 Å². The van der Waals surface area contributed by atoms with Crippen LogP contribution in [0.25, 0.3) is 0 Å². The summed E-state index contributed by atoms with van der Waals surface area (Å²) in [5, 5.41) is 0. The standard InChI is InChI=1S/C8H5F3I2/c9-7(12,8(10,11)13)6-4-2-1-3-5-6/h1-5H. The minimum atomic E-state index is -3.41. The summed E-state index contributed by atoms with van der Waals surface area (Å²) < 4.78 is 33.1. The van der Waals surface area contributed by atoms with Crippen LogP contribution in [0.4, 0.5) is 13.2 Å². The third-order valence-corrected chi connectivity index (χ3v) is 4.57. The minimum absolute atomic E-state index is 0.0185. The van der Waals surface area contributed by atoms with Gasteiger partial charge in [0, 0.05) is 28.2 Å². The molecule has 0 N–H and O–H groups in total. The second-order valence-electron chi connectivity index (χ2n) is 2.44. The van der Waals surface area contributed by atoms with Crippen LogP contribution in [0.1, 0.15) is 5.56 Å². The molecule has 0 aliphatic rings. The summed E-state index contributed by atoms with van der Waals surface area (Å²) in [7, 11) is 0. The number of halogens is 5. The molecule has 1 rings (SSSR count). The zero-order chi connectivity index (χ0) is 10.1. The fraction of sp³-hybridized carbons (Fsp3) is 0.250. The molecule has 0 bridgehead atoms. The molecule has 1 unspecified atom stereocenters. The van der Waals surface area contributed by atoms with Crippen molar-refractivity contribution < 1.29 is 13.2 Å². The Bertz CT molecular complexity index is 279. The van der Waals surface area contributed by atoms with Crippen molar-refractivity contribution in [2.45, 2.75) is 7.60 Å². The van der Waals surface area contributed by atoms with Gasteiger partial charge in [-0.25, -0.2) is 4.39 Å². The number of rotatable bonds is 2. The van der Waals surface area contributed by atoms with Gasteiger partial charge in [0.05, 0.1) is 0 Å². The van der Waals surface area contributed by atoms with E-state index in [0.717, 1.165) is 45.2 Å². The quantitative estimate of drug-likeness (QED) is 0.503. The zero-order valence-electron chi connectivity index (χ0n) is 6.28. The van der Waals surface area contributed by atoms with Gasteiger partial charge in [-0.1, -0.05) is 30.3 Å². The average molecular weight is 412 g/mol. The third kappa shape index (κ3) is 2.48. The number of alkyl halides is 5. The van der Waals surface area contributed by atoms with Crippen molar-refractivity contribution >= 4 is 45.2 Å². The second-order valence-corrected chi connectivity index (χ2v) is 5.28. The van der Waals surface area contributed by atoms with Crippen LogP contribution in [0.15, 0.2) is 30.3 Å². The zero-order valence-corrected chi connectivity index (χ0v) is 10.6. The van der Waals surface area contributed by atoms with Crippen LogP contribution in [-0.2, 0) is 3.68 Å². The molecule has 0 radical (unpaired) electrons. The van der Waals surface area contributed by atoms with Crippen molar-refractivity contribution in [3.05, 3.63) is 35.9 Å². The van der Waals surface area contributed by atoms with Crippen LogP contribution in [0, 0.1) is 0 Å². The highest BCUT2D eigenvalue weighted by molar-refractivity contribution is 14.1. The first kappa shape index (κ1) is 11.5. The summed E-state index contributed by atoms with van der Waals surface area (Å²) in [6, 6.07) is 7.41. The maximum atomic E-state index is 13.6. The number of benzene rings is 1. The molecule has 0 spiro atoms. The second kappa shape index (κ2) is 3.92. The Kier molecular flexibility index (Phi) is 3.48. The van der Waals surface area contributed by atoms with E-state index in [1.165, 1.54) is 24.3 Å². The molecular weight excluding hydrogens is 407 g/mol. The third-order valence-electron chi connectivity index (χ3n) is 1.49. The van der Waals surface area contributed by atoms with E-state index in [0.29, 0.717) is 0 Å². The largest absolute Gasteiger partial charge is 0.342 e. The fourth-order valence-corrected chi connectivity index (χ4v) is 1.48. The van der Waals surface area contributed by atoms with Crippen LogP contribution in [0.5, 0.6) is 0 Å². The van der Waals surface area contributed by atoms with Crippen molar-refractivity contribution in [2.75, 3.05) is 0 Å². The predicted octanol–water partition coefficient (Wildman–Crippen LogP) is 4.27. The van der Waals surface area contributed by atoms with E-state index in [1.807, 2.05) is 0 Å². The van der Waals surface area contributed by atoms with Gasteiger partial charge in [-0.05, 0) is 22.6 Å². The Balaban J connectivity index is 3.08. The molecule has 0 saturated heterocycles. The number of hydrogen-bond donors (Lipinski definition) is 0. The number of hydrogen-bond acceptors (Lipinski definition) is 0. The summed E-state index contributed by atoms with van der Waals surface area (Å²) in [4.78, 5) is 0. The normalized spacial score (nSPS) is 16.7. The molecule has 0 saturated carbocycles. The van der Waals surface area contributed by atoms with Gasteiger partial charge in [0.2, 0.25) is 0 Å². The maximum Gasteiger partial charge on any atom is 0.342 e. The topological polar surface area (TPSA) is 0 Å². The van der Waals surface area contributed by atoms with Gasteiger partial charge < -0.3 is 0 Å². The maximum absolute atomic E-state index is 13.6. The van der Waals surface area contributed by atoms with E-state index in [2.05, 4.69) is 0 Å². The SMILES string of the molecule is FC(F)(I)C(F)(I)c1ccccc1. The highest BCUT2D eigenvalue weighted by Gasteiger charge is 2.52. The van der Waals surface area contributed by atoms with Crippen LogP contribution in [-0.4, -0.2) is 3.93 Å². The van der Waals surface area contributed by atoms with Gasteiger partial charge in [0.1, 0.15) is 0 Å². The van der Waals surface area contributed by atoms with E-state index >= 15 is 0 Å². The molecule has 13 heavy (non-hydrogen) atoms. The Hall–Kier alpha value is 0.470. The van der Waals surface area contributed by atoms with E-state index in [-0.39, 0.29) is 5.56 Å². The molecule has 0 aliphatic heterocycles. The first-order valence-corrected chi connectivity index (χ1v) is 5.51. The van der Waals surface area contributed by atoms with E-state index < -0.39 is 7.60 Å². The van der Waals surface area contributed by atoms with Crippen molar-refractivity contribution in [1.82, 2.24) is 0 Å². The van der Waals surface area contributed by atoms with Gasteiger partial charge in [0.25, 0.3) is 3.68 Å². The van der Waals surface area contributed by atoms with E-state index in [4.69, 9.17) is 0 Å². The summed E-state index contributed by atoms with van der Waals surface area (Å²) in [5.74, 6) is 0. The summed E-state index contributed by atoms with van der Waals surface area (Å²) in [6.07, 6.45) is 0. The molecule has 72 valence electrons. The summed E-state index contributed by atoms with van der Waals surface area (Å²) in [5.41, 5.74) is -0.0185. The van der Waals surface area contributed by atoms with Crippen LogP contribution in [0.3, 0.4) is 0 Å². The minimum Gasteiger partial charge on any atom is -0.219 e. The highest BCUT2D eigenvalue weighted by atomic mass is 127. The van der Waals surface area contributed by atoms with E-state index in [9.17, 15) is 13.2 Å². The fourth-order valence-electron chi connectivity index (χ4n) is 0.811. The van der Waals surface area contributed by atoms with Crippen molar-refractivity contribution in [2.24, 2.45) is 0 Å². The average Bonchev–Trinajstić information content (AvgIpc) is 2.04. The predicted molar refractivity (Wildman–Crippen MR) is 62.2 cm³/mol.